The number of ether oxygens (including phenoxy) is 1. The van der Waals surface area contributed by atoms with Gasteiger partial charge in [0.05, 0.1) is 6.10 Å². The molecule has 0 heterocycles. The van der Waals surface area contributed by atoms with Gasteiger partial charge >= 0.3 is 5.97 Å². The lowest BCUT2D eigenvalue weighted by Crippen LogP contribution is -2.14. The van der Waals surface area contributed by atoms with Crippen molar-refractivity contribution in [1.29, 1.82) is 0 Å². The largest absolute Gasteiger partial charge is 0.463 e. The maximum atomic E-state index is 11.6. The van der Waals surface area contributed by atoms with Crippen LogP contribution < -0.4 is 0 Å². The molecule has 2 heteroatoms. The van der Waals surface area contributed by atoms with Crippen molar-refractivity contribution in [2.45, 2.75) is 97.5 Å². The molecule has 0 rings (SSSR count). The molecule has 0 saturated heterocycles. The molecule has 1 atom stereocenters. The summed E-state index contributed by atoms with van der Waals surface area (Å²) in [5.74, 6) is -0.00510. The highest BCUT2D eigenvalue weighted by Gasteiger charge is 2.08. The Morgan fingerprint density at radius 1 is 0.889 bits per heavy atom. The van der Waals surface area contributed by atoms with Gasteiger partial charge in [0.2, 0.25) is 0 Å². The summed E-state index contributed by atoms with van der Waals surface area (Å²) >= 11 is 0. The van der Waals surface area contributed by atoms with E-state index in [2.05, 4.69) is 13.8 Å². The third kappa shape index (κ3) is 11.9. The molecule has 0 aromatic rings. The van der Waals surface area contributed by atoms with E-state index in [-0.39, 0.29) is 12.1 Å². The molecule has 0 fully saturated rings. The molecule has 18 heavy (non-hydrogen) atoms. The zero-order valence-corrected chi connectivity index (χ0v) is 12.7. The minimum Gasteiger partial charge on any atom is -0.463 e. The fourth-order valence-corrected chi connectivity index (χ4v) is 2.07. The summed E-state index contributed by atoms with van der Waals surface area (Å²) in [6.07, 6.45) is 12.6. The van der Waals surface area contributed by atoms with Gasteiger partial charge in [-0.05, 0) is 26.2 Å². The minimum absolute atomic E-state index is 0.00510. The fourth-order valence-electron chi connectivity index (χ4n) is 2.07. The van der Waals surface area contributed by atoms with E-state index in [1.807, 2.05) is 6.92 Å². The molecule has 0 spiro atoms. The SMILES string of the molecule is CCCCCCCCC(=O)O[C@H](C)CCCCC. The topological polar surface area (TPSA) is 26.3 Å². The summed E-state index contributed by atoms with van der Waals surface area (Å²) in [5.41, 5.74) is 0. The zero-order chi connectivity index (χ0) is 13.6. The average molecular weight is 256 g/mol. The fraction of sp³-hybridized carbons (Fsp3) is 0.938. The van der Waals surface area contributed by atoms with E-state index in [4.69, 9.17) is 4.74 Å². The summed E-state index contributed by atoms with van der Waals surface area (Å²) in [6.45, 7) is 6.42. The predicted molar refractivity (Wildman–Crippen MR) is 77.7 cm³/mol. The van der Waals surface area contributed by atoms with E-state index < -0.39 is 0 Å². The Balaban J connectivity index is 3.35. The lowest BCUT2D eigenvalue weighted by atomic mass is 10.1. The third-order valence-corrected chi connectivity index (χ3v) is 3.28. The Hall–Kier alpha value is -0.530. The van der Waals surface area contributed by atoms with Crippen LogP contribution in [0.5, 0.6) is 0 Å². The summed E-state index contributed by atoms with van der Waals surface area (Å²) in [6, 6.07) is 0. The van der Waals surface area contributed by atoms with Crippen molar-refractivity contribution in [2.75, 3.05) is 0 Å². The van der Waals surface area contributed by atoms with E-state index >= 15 is 0 Å². The maximum Gasteiger partial charge on any atom is 0.306 e. The molecule has 0 aromatic heterocycles. The number of unbranched alkanes of at least 4 members (excludes halogenated alkanes) is 7. The Morgan fingerprint density at radius 3 is 2.11 bits per heavy atom. The molecule has 0 unspecified atom stereocenters. The molecule has 0 radical (unpaired) electrons. The van der Waals surface area contributed by atoms with Gasteiger partial charge in [-0.25, -0.2) is 0 Å². The maximum absolute atomic E-state index is 11.6. The van der Waals surface area contributed by atoms with Crippen LogP contribution in [0, 0.1) is 0 Å². The Bertz CT molecular complexity index is 190. The van der Waals surface area contributed by atoms with Crippen molar-refractivity contribution in [1.82, 2.24) is 0 Å². The molecule has 0 bridgehead atoms. The van der Waals surface area contributed by atoms with Crippen molar-refractivity contribution in [3.05, 3.63) is 0 Å². The first-order chi connectivity index (χ1) is 8.70. The quantitative estimate of drug-likeness (QED) is 0.352. The molecule has 0 aromatic carbocycles. The van der Waals surface area contributed by atoms with E-state index in [1.54, 1.807) is 0 Å². The van der Waals surface area contributed by atoms with Crippen LogP contribution in [0.2, 0.25) is 0 Å². The molecule has 0 aliphatic rings. The second-order valence-electron chi connectivity index (χ2n) is 5.31. The molecular weight excluding hydrogens is 224 g/mol. The summed E-state index contributed by atoms with van der Waals surface area (Å²) in [4.78, 5) is 11.6. The number of rotatable bonds is 12. The molecule has 2 nitrogen and oxygen atoms in total. The van der Waals surface area contributed by atoms with Crippen molar-refractivity contribution in [3.63, 3.8) is 0 Å². The third-order valence-electron chi connectivity index (χ3n) is 3.28. The Kier molecular flexibility index (Phi) is 12.5. The number of esters is 1. The van der Waals surface area contributed by atoms with Crippen molar-refractivity contribution in [3.8, 4) is 0 Å². The minimum atomic E-state index is -0.00510. The standard InChI is InChI=1S/C16H32O2/c1-4-6-8-9-10-12-14-16(17)18-15(3)13-11-7-5-2/h15H,4-14H2,1-3H3/t15-/m1/s1. The van der Waals surface area contributed by atoms with Crippen molar-refractivity contribution < 1.29 is 9.53 Å². The number of hydrogen-bond acceptors (Lipinski definition) is 2. The van der Waals surface area contributed by atoms with Crippen LogP contribution in [0.1, 0.15) is 91.4 Å². The normalized spacial score (nSPS) is 12.4. The number of carbonyl (C=O) groups is 1. The molecule has 0 N–H and O–H groups in total. The Labute approximate surface area is 113 Å². The van der Waals surface area contributed by atoms with E-state index in [9.17, 15) is 4.79 Å². The van der Waals surface area contributed by atoms with Gasteiger partial charge in [0.1, 0.15) is 0 Å². The monoisotopic (exact) mass is 256 g/mol. The van der Waals surface area contributed by atoms with Crippen LogP contribution in [-0.2, 0) is 9.53 Å². The molecule has 0 aliphatic heterocycles. The first kappa shape index (κ1) is 17.5. The van der Waals surface area contributed by atoms with Crippen LogP contribution in [-0.4, -0.2) is 12.1 Å². The van der Waals surface area contributed by atoms with Crippen LogP contribution in [0.25, 0.3) is 0 Å². The predicted octanol–water partition coefficient (Wildman–Crippen LogP) is 5.25. The average Bonchev–Trinajstić information content (AvgIpc) is 2.34. The highest BCUT2D eigenvalue weighted by atomic mass is 16.5. The molecule has 0 amide bonds. The van der Waals surface area contributed by atoms with E-state index in [1.165, 1.54) is 51.4 Å². The van der Waals surface area contributed by atoms with Gasteiger partial charge < -0.3 is 4.74 Å². The molecule has 108 valence electrons. The first-order valence-electron chi connectivity index (χ1n) is 7.90. The smallest absolute Gasteiger partial charge is 0.306 e. The summed E-state index contributed by atoms with van der Waals surface area (Å²) in [7, 11) is 0. The van der Waals surface area contributed by atoms with Crippen LogP contribution in [0.4, 0.5) is 0 Å². The Morgan fingerprint density at radius 2 is 1.44 bits per heavy atom. The van der Waals surface area contributed by atoms with Gasteiger partial charge in [0.25, 0.3) is 0 Å². The molecule has 0 saturated carbocycles. The van der Waals surface area contributed by atoms with Gasteiger partial charge in [-0.2, -0.15) is 0 Å². The summed E-state index contributed by atoms with van der Waals surface area (Å²) < 4.78 is 5.39. The van der Waals surface area contributed by atoms with Gasteiger partial charge in [0.15, 0.2) is 0 Å². The van der Waals surface area contributed by atoms with Gasteiger partial charge in [-0.3, -0.25) is 4.79 Å². The van der Waals surface area contributed by atoms with Gasteiger partial charge in [-0.1, -0.05) is 58.8 Å². The van der Waals surface area contributed by atoms with Crippen LogP contribution in [0.3, 0.4) is 0 Å². The molecule has 0 aliphatic carbocycles. The first-order valence-corrected chi connectivity index (χ1v) is 7.90. The van der Waals surface area contributed by atoms with Gasteiger partial charge in [-0.15, -0.1) is 0 Å². The van der Waals surface area contributed by atoms with Crippen molar-refractivity contribution >= 4 is 5.97 Å². The second-order valence-corrected chi connectivity index (χ2v) is 5.31. The number of carbonyl (C=O) groups excluding carboxylic acids is 1. The lowest BCUT2D eigenvalue weighted by molar-refractivity contribution is -0.148. The van der Waals surface area contributed by atoms with E-state index in [0.29, 0.717) is 6.42 Å². The zero-order valence-electron chi connectivity index (χ0n) is 12.7. The second kappa shape index (κ2) is 12.9. The van der Waals surface area contributed by atoms with Gasteiger partial charge in [0, 0.05) is 6.42 Å². The molecular formula is C16H32O2. The lowest BCUT2D eigenvalue weighted by Gasteiger charge is -2.12. The highest BCUT2D eigenvalue weighted by molar-refractivity contribution is 5.69. The van der Waals surface area contributed by atoms with Crippen LogP contribution in [0.15, 0.2) is 0 Å². The summed E-state index contributed by atoms with van der Waals surface area (Å²) in [5, 5.41) is 0. The van der Waals surface area contributed by atoms with Crippen LogP contribution >= 0.6 is 0 Å². The highest BCUT2D eigenvalue weighted by Crippen LogP contribution is 2.10. The van der Waals surface area contributed by atoms with E-state index in [0.717, 1.165) is 12.8 Å². The number of hydrogen-bond donors (Lipinski definition) is 0. The van der Waals surface area contributed by atoms with Crippen molar-refractivity contribution in [2.24, 2.45) is 0 Å².